The molecule has 0 spiro atoms. The lowest BCUT2D eigenvalue weighted by Crippen LogP contribution is -2.03. The molecule has 174 valence electrons. The van der Waals surface area contributed by atoms with Gasteiger partial charge in [-0.1, -0.05) is 30.3 Å². The number of aryl methyl sites for hydroxylation is 1. The van der Waals surface area contributed by atoms with Crippen molar-refractivity contribution < 1.29 is 37.9 Å². The summed E-state index contributed by atoms with van der Waals surface area (Å²) in [4.78, 5) is 22.6. The van der Waals surface area contributed by atoms with Crippen LogP contribution in [0.5, 0.6) is 28.7 Å². The largest absolute Gasteiger partial charge is 0.584 e. The Morgan fingerprint density at radius 2 is 1.45 bits per heavy atom. The van der Waals surface area contributed by atoms with Gasteiger partial charge in [-0.25, -0.2) is 4.57 Å². The molecule has 0 bridgehead atoms. The molecule has 33 heavy (non-hydrogen) atoms. The van der Waals surface area contributed by atoms with Gasteiger partial charge >= 0.3 is 7.82 Å². The number of phenols is 1. The number of methoxy groups -OCH3 is 2. The summed E-state index contributed by atoms with van der Waals surface area (Å²) in [6, 6.07) is 17.9. The Balaban J connectivity index is 1.63. The van der Waals surface area contributed by atoms with Gasteiger partial charge in [-0.15, -0.1) is 0 Å². The highest BCUT2D eigenvalue weighted by atomic mass is 31.2. The highest BCUT2D eigenvalue weighted by Gasteiger charge is 2.26. The number of phenolic OH excluding ortho intramolecular Hbond substituents is 1. The van der Waals surface area contributed by atoms with Crippen molar-refractivity contribution in [1.82, 2.24) is 0 Å². The molecule has 1 atom stereocenters. The first-order chi connectivity index (χ1) is 15.8. The predicted molar refractivity (Wildman–Crippen MR) is 122 cm³/mol. The first-order valence-electron chi connectivity index (χ1n) is 10.1. The van der Waals surface area contributed by atoms with Gasteiger partial charge in [0.1, 0.15) is 28.7 Å². The van der Waals surface area contributed by atoms with E-state index in [-0.39, 0.29) is 35.0 Å². The molecule has 0 saturated carbocycles. The number of carbonyl (C=O) groups excluding carboxylic acids is 1. The third-order valence-electron chi connectivity index (χ3n) is 4.75. The Bertz CT molecular complexity index is 1120. The second-order valence-corrected chi connectivity index (χ2v) is 8.44. The lowest BCUT2D eigenvalue weighted by atomic mass is 10.0. The smallest absolute Gasteiger partial charge is 0.507 e. The summed E-state index contributed by atoms with van der Waals surface area (Å²) in [5.41, 5.74) is 1.24. The van der Waals surface area contributed by atoms with Crippen molar-refractivity contribution >= 4 is 13.6 Å². The van der Waals surface area contributed by atoms with Crippen molar-refractivity contribution in [2.45, 2.75) is 19.3 Å². The molecule has 0 radical (unpaired) electrons. The van der Waals surface area contributed by atoms with Gasteiger partial charge in [-0.3, -0.25) is 9.69 Å². The predicted octanol–water partition coefficient (Wildman–Crippen LogP) is 5.17. The third-order valence-corrected chi connectivity index (χ3v) is 5.63. The van der Waals surface area contributed by atoms with Crippen LogP contribution in [0.1, 0.15) is 28.8 Å². The molecule has 9 heteroatoms. The molecule has 3 rings (SSSR count). The van der Waals surface area contributed by atoms with Crippen LogP contribution in [0.15, 0.2) is 66.7 Å². The molecule has 0 heterocycles. The Hall–Kier alpha value is -3.48. The quantitative estimate of drug-likeness (QED) is 0.290. The highest BCUT2D eigenvalue weighted by Crippen LogP contribution is 2.46. The van der Waals surface area contributed by atoms with Crippen LogP contribution in [0.25, 0.3) is 0 Å². The van der Waals surface area contributed by atoms with Gasteiger partial charge in [0.2, 0.25) is 0 Å². The van der Waals surface area contributed by atoms with E-state index in [9.17, 15) is 19.4 Å². The molecule has 0 aliphatic rings. The monoisotopic (exact) mass is 472 g/mol. The van der Waals surface area contributed by atoms with Gasteiger partial charge in [0.25, 0.3) is 0 Å². The lowest BCUT2D eigenvalue weighted by molar-refractivity contribution is 0.0977. The topological polar surface area (TPSA) is 112 Å². The van der Waals surface area contributed by atoms with E-state index in [0.717, 1.165) is 18.1 Å². The van der Waals surface area contributed by atoms with Gasteiger partial charge in [0.15, 0.2) is 5.78 Å². The second kappa shape index (κ2) is 10.9. The number of ether oxygens (including phenoxy) is 2. The summed E-state index contributed by atoms with van der Waals surface area (Å²) in [7, 11) is -1.75. The zero-order valence-corrected chi connectivity index (χ0v) is 19.2. The van der Waals surface area contributed by atoms with Crippen molar-refractivity contribution in [3.63, 3.8) is 0 Å². The van der Waals surface area contributed by atoms with Crippen molar-refractivity contribution in [1.29, 1.82) is 0 Å². The number of aromatic hydroxyl groups is 1. The number of phosphoric ester groups is 1. The maximum Gasteiger partial charge on any atom is 0.584 e. The van der Waals surface area contributed by atoms with Gasteiger partial charge in [-0.05, 0) is 30.5 Å². The van der Waals surface area contributed by atoms with Crippen molar-refractivity contribution in [3.8, 4) is 28.7 Å². The molecule has 0 fully saturated rings. The molecule has 3 aromatic rings. The molecule has 0 aliphatic heterocycles. The zero-order chi connectivity index (χ0) is 23.8. The Morgan fingerprint density at radius 3 is 2.06 bits per heavy atom. The van der Waals surface area contributed by atoms with Crippen LogP contribution in [0.2, 0.25) is 0 Å². The molecule has 0 amide bonds. The Morgan fingerprint density at radius 1 is 0.848 bits per heavy atom. The normalized spacial score (nSPS) is 12.5. The van der Waals surface area contributed by atoms with Crippen molar-refractivity contribution in [3.05, 3.63) is 77.9 Å². The summed E-state index contributed by atoms with van der Waals surface area (Å²) < 4.78 is 32.8. The van der Waals surface area contributed by atoms with Gasteiger partial charge in [-0.2, -0.15) is 0 Å². The van der Waals surface area contributed by atoms with E-state index < -0.39 is 7.82 Å². The minimum Gasteiger partial charge on any atom is -0.507 e. The van der Waals surface area contributed by atoms with Gasteiger partial charge in [0.05, 0.1) is 19.8 Å². The number of benzene rings is 3. The van der Waals surface area contributed by atoms with Crippen LogP contribution in [0, 0.1) is 0 Å². The average Bonchev–Trinajstić information content (AvgIpc) is 2.78. The SMILES string of the molecule is COc1cc(OC)cc(OP(=O)(O)Oc2ccc(C(=O)CCCc3ccccc3)c(O)c2)c1. The van der Waals surface area contributed by atoms with Crippen LogP contribution >= 0.6 is 7.82 Å². The molecule has 2 N–H and O–H groups in total. The number of ketones is 1. The van der Waals surface area contributed by atoms with E-state index in [1.807, 2.05) is 30.3 Å². The fourth-order valence-electron chi connectivity index (χ4n) is 3.16. The zero-order valence-electron chi connectivity index (χ0n) is 18.3. The lowest BCUT2D eigenvalue weighted by Gasteiger charge is -2.15. The highest BCUT2D eigenvalue weighted by molar-refractivity contribution is 7.48. The molecular formula is C24H25O8P. The molecule has 0 saturated heterocycles. The number of rotatable bonds is 11. The molecular weight excluding hydrogens is 447 g/mol. The number of carbonyl (C=O) groups is 1. The Kier molecular flexibility index (Phi) is 7.98. The standard InChI is InChI=1S/C24H25O8P/c1-29-19-13-20(30-2)15-21(14-19)32-33(27,28)31-18-11-12-22(24(26)16-18)23(25)10-6-9-17-7-4-3-5-8-17/h3-5,7-8,11-16,26H,6,9-10H2,1-2H3,(H,27,28). The number of hydrogen-bond donors (Lipinski definition) is 2. The summed E-state index contributed by atoms with van der Waals surface area (Å²) in [6.45, 7) is 0. The van der Waals surface area contributed by atoms with E-state index in [0.29, 0.717) is 17.9 Å². The minimum atomic E-state index is -4.61. The first-order valence-corrected chi connectivity index (χ1v) is 11.6. The summed E-state index contributed by atoms with van der Waals surface area (Å²) in [5, 5.41) is 10.3. The van der Waals surface area contributed by atoms with E-state index >= 15 is 0 Å². The number of phosphoric acid groups is 1. The summed E-state index contributed by atoms with van der Waals surface area (Å²) in [5.74, 6) is -0.00287. The van der Waals surface area contributed by atoms with E-state index in [1.54, 1.807) is 6.07 Å². The summed E-state index contributed by atoms with van der Waals surface area (Å²) >= 11 is 0. The van der Waals surface area contributed by atoms with Crippen LogP contribution in [-0.2, 0) is 11.0 Å². The fraction of sp³-hybridized carbons (Fsp3) is 0.208. The maximum atomic E-state index is 12.5. The average molecular weight is 472 g/mol. The van der Waals surface area contributed by atoms with Crippen LogP contribution in [0.4, 0.5) is 0 Å². The fourth-order valence-corrected chi connectivity index (χ4v) is 3.94. The molecule has 8 nitrogen and oxygen atoms in total. The number of Topliss-reactive ketones (excluding diaryl/α,β-unsaturated/α-hetero) is 1. The van der Waals surface area contributed by atoms with E-state index in [4.69, 9.17) is 18.5 Å². The minimum absolute atomic E-state index is 0.00790. The maximum absolute atomic E-state index is 12.5. The summed E-state index contributed by atoms with van der Waals surface area (Å²) in [6.07, 6.45) is 1.63. The molecule has 0 aromatic heterocycles. The van der Waals surface area contributed by atoms with Gasteiger partial charge < -0.3 is 23.6 Å². The Labute approximate surface area is 191 Å². The van der Waals surface area contributed by atoms with Crippen LogP contribution < -0.4 is 18.5 Å². The van der Waals surface area contributed by atoms with Gasteiger partial charge in [0, 0.05) is 30.7 Å². The molecule has 3 aromatic carbocycles. The first kappa shape index (κ1) is 24.2. The van der Waals surface area contributed by atoms with Crippen molar-refractivity contribution in [2.24, 2.45) is 0 Å². The van der Waals surface area contributed by atoms with E-state index in [2.05, 4.69) is 0 Å². The van der Waals surface area contributed by atoms with E-state index in [1.165, 1.54) is 38.5 Å². The van der Waals surface area contributed by atoms with Crippen LogP contribution in [-0.4, -0.2) is 30.0 Å². The third kappa shape index (κ3) is 7.00. The second-order valence-electron chi connectivity index (χ2n) is 7.14. The number of hydrogen-bond acceptors (Lipinski definition) is 7. The molecule has 0 aliphatic carbocycles. The van der Waals surface area contributed by atoms with Crippen LogP contribution in [0.3, 0.4) is 0 Å². The van der Waals surface area contributed by atoms with Crippen molar-refractivity contribution in [2.75, 3.05) is 14.2 Å². The molecule has 1 unspecified atom stereocenters.